The first-order chi connectivity index (χ1) is 18.1. The number of benzene rings is 2. The molecule has 0 aromatic heterocycles. The van der Waals surface area contributed by atoms with E-state index in [1.165, 1.54) is 21.3 Å². The number of fused-ring (bicyclic) bond motifs is 4. The van der Waals surface area contributed by atoms with Crippen molar-refractivity contribution in [3.05, 3.63) is 33.4 Å². The van der Waals surface area contributed by atoms with Crippen LogP contribution in [0.15, 0.2) is 0 Å². The van der Waals surface area contributed by atoms with E-state index in [1.807, 2.05) is 25.9 Å². The van der Waals surface area contributed by atoms with Crippen LogP contribution in [0.5, 0.6) is 34.5 Å². The minimum atomic E-state index is -0.668. The number of rotatable bonds is 7. The van der Waals surface area contributed by atoms with Crippen molar-refractivity contribution in [2.45, 2.75) is 51.2 Å². The molecule has 1 unspecified atom stereocenters. The zero-order valence-corrected chi connectivity index (χ0v) is 23.3. The van der Waals surface area contributed by atoms with E-state index in [9.17, 15) is 20.1 Å². The minimum Gasteiger partial charge on any atom is -0.507 e. The Morgan fingerprint density at radius 3 is 1.95 bits per heavy atom. The molecular formula is C28H38N2O8. The Labute approximate surface area is 223 Å². The van der Waals surface area contributed by atoms with Gasteiger partial charge in [-0.2, -0.15) is 0 Å². The Morgan fingerprint density at radius 1 is 0.816 bits per heavy atom. The third-order valence-corrected chi connectivity index (χ3v) is 8.02. The van der Waals surface area contributed by atoms with Crippen molar-refractivity contribution >= 4 is 5.91 Å². The van der Waals surface area contributed by atoms with Gasteiger partial charge in [-0.1, -0.05) is 0 Å². The van der Waals surface area contributed by atoms with Gasteiger partial charge in [-0.3, -0.25) is 9.69 Å². The number of nitrogens with zero attached hydrogens (tertiary/aromatic N) is 2. The number of hydrogen-bond donors (Lipinski definition) is 3. The molecule has 2 aromatic carbocycles. The zero-order chi connectivity index (χ0) is 28.0. The van der Waals surface area contributed by atoms with Gasteiger partial charge in [0.15, 0.2) is 23.0 Å². The molecule has 0 fully saturated rings. The van der Waals surface area contributed by atoms with Crippen molar-refractivity contribution in [3.63, 3.8) is 0 Å². The molecule has 10 nitrogen and oxygen atoms in total. The number of phenols is 2. The van der Waals surface area contributed by atoms with Crippen molar-refractivity contribution in [2.24, 2.45) is 0 Å². The average Bonchev–Trinajstić information content (AvgIpc) is 3.01. The molecule has 2 aromatic rings. The van der Waals surface area contributed by atoms with E-state index >= 15 is 0 Å². The van der Waals surface area contributed by atoms with Crippen LogP contribution in [0.3, 0.4) is 0 Å². The second kappa shape index (κ2) is 10.4. The summed E-state index contributed by atoms with van der Waals surface area (Å²) >= 11 is 0. The lowest BCUT2D eigenvalue weighted by Crippen LogP contribution is -2.50. The fourth-order valence-corrected chi connectivity index (χ4v) is 6.34. The second-order valence-corrected chi connectivity index (χ2v) is 10.0. The summed E-state index contributed by atoms with van der Waals surface area (Å²) in [6, 6.07) is -1.91. The van der Waals surface area contributed by atoms with Gasteiger partial charge in [0.05, 0.1) is 46.6 Å². The Morgan fingerprint density at radius 2 is 1.42 bits per heavy atom. The molecule has 0 aliphatic carbocycles. The Kier molecular flexibility index (Phi) is 7.58. The highest BCUT2D eigenvalue weighted by atomic mass is 16.5. The average molecular weight is 531 g/mol. The largest absolute Gasteiger partial charge is 0.507 e. The lowest BCUT2D eigenvalue weighted by Gasteiger charge is -2.45. The molecule has 0 bridgehead atoms. The normalized spacial score (nSPS) is 20.4. The van der Waals surface area contributed by atoms with Gasteiger partial charge in [-0.15, -0.1) is 0 Å². The topological polar surface area (TPSA) is 121 Å². The number of aliphatic hydroxyl groups excluding tert-OH is 1. The number of hydrogen-bond acceptors (Lipinski definition) is 9. The number of methoxy groups -OCH3 is 4. The lowest BCUT2D eigenvalue weighted by atomic mass is 9.80. The molecule has 0 spiro atoms. The van der Waals surface area contributed by atoms with E-state index in [-0.39, 0.29) is 42.6 Å². The van der Waals surface area contributed by atoms with Crippen molar-refractivity contribution < 1.29 is 39.1 Å². The molecular weight excluding hydrogens is 492 g/mol. The van der Waals surface area contributed by atoms with Crippen LogP contribution < -0.4 is 18.9 Å². The number of aliphatic hydroxyl groups is 1. The summed E-state index contributed by atoms with van der Waals surface area (Å²) in [6.45, 7) is 3.34. The summed E-state index contributed by atoms with van der Waals surface area (Å²) in [5.41, 5.74) is 3.55. The SMILES string of the molecule is COc1c(C)c(OC)c2c(c1O)[C@@H]1Cc3c(O)c(C)c(OC)c(OC)c3[C@H](CCO)N1C(=O)C(N(C)C)C2. The summed E-state index contributed by atoms with van der Waals surface area (Å²) < 4.78 is 22.8. The third kappa shape index (κ3) is 3.89. The summed E-state index contributed by atoms with van der Waals surface area (Å²) in [4.78, 5) is 17.9. The van der Waals surface area contributed by atoms with Crippen molar-refractivity contribution in [3.8, 4) is 34.5 Å². The van der Waals surface area contributed by atoms with E-state index in [0.29, 0.717) is 57.1 Å². The van der Waals surface area contributed by atoms with E-state index in [4.69, 9.17) is 18.9 Å². The molecule has 208 valence electrons. The molecule has 1 amide bonds. The first-order valence-electron chi connectivity index (χ1n) is 12.6. The van der Waals surface area contributed by atoms with Gasteiger partial charge in [0, 0.05) is 52.8 Å². The molecule has 3 N–H and O–H groups in total. The lowest BCUT2D eigenvalue weighted by molar-refractivity contribution is -0.142. The van der Waals surface area contributed by atoms with Crippen molar-refractivity contribution in [1.82, 2.24) is 9.80 Å². The standard InChI is InChI=1S/C28H38N2O8/c1-13-22(32)15-11-18-20-16(24(35-5)14(2)25(36-6)23(20)33)12-19(29(3)4)28(34)30(18)17(9-10-31)21(15)27(38-8)26(13)37-7/h17-19,31-33H,9-12H2,1-8H3/t17-,18-,19?/m0/s1. The van der Waals surface area contributed by atoms with Crippen LogP contribution in [-0.4, -0.2) is 86.2 Å². The van der Waals surface area contributed by atoms with Gasteiger partial charge >= 0.3 is 0 Å². The highest BCUT2D eigenvalue weighted by Gasteiger charge is 2.49. The maximum atomic E-state index is 14.4. The summed E-state index contributed by atoms with van der Waals surface area (Å²) in [5, 5.41) is 33.1. The Bertz CT molecular complexity index is 1260. The fraction of sp³-hybridized carbons (Fsp3) is 0.536. The van der Waals surface area contributed by atoms with Gasteiger partial charge in [0.1, 0.15) is 11.5 Å². The molecule has 0 radical (unpaired) electrons. The van der Waals surface area contributed by atoms with Crippen LogP contribution in [0.25, 0.3) is 0 Å². The van der Waals surface area contributed by atoms with E-state index in [2.05, 4.69) is 0 Å². The van der Waals surface area contributed by atoms with E-state index < -0.39 is 18.1 Å². The number of ether oxygens (including phenoxy) is 4. The Hall–Kier alpha value is -3.37. The first-order valence-corrected chi connectivity index (χ1v) is 12.6. The molecule has 0 saturated carbocycles. The van der Waals surface area contributed by atoms with Gasteiger partial charge in [-0.25, -0.2) is 0 Å². The summed E-state index contributed by atoms with van der Waals surface area (Å²) in [6.07, 6.45) is 0.684. The van der Waals surface area contributed by atoms with Crippen LogP contribution in [0.4, 0.5) is 0 Å². The van der Waals surface area contributed by atoms with Crippen LogP contribution in [-0.2, 0) is 17.6 Å². The quantitative estimate of drug-likeness (QED) is 0.496. The highest BCUT2D eigenvalue weighted by molar-refractivity contribution is 5.86. The number of carbonyl (C=O) groups is 1. The maximum Gasteiger partial charge on any atom is 0.241 e. The monoisotopic (exact) mass is 530 g/mol. The van der Waals surface area contributed by atoms with E-state index in [1.54, 1.807) is 18.9 Å². The second-order valence-electron chi connectivity index (χ2n) is 10.0. The van der Waals surface area contributed by atoms with Crippen LogP contribution >= 0.6 is 0 Å². The summed E-state index contributed by atoms with van der Waals surface area (Å²) in [5.74, 6) is 1.41. The third-order valence-electron chi connectivity index (χ3n) is 8.02. The molecule has 2 heterocycles. The molecule has 4 rings (SSSR count). The van der Waals surface area contributed by atoms with Crippen LogP contribution in [0.1, 0.15) is 51.9 Å². The van der Waals surface area contributed by atoms with Gasteiger partial charge in [-0.05, 0) is 34.4 Å². The predicted octanol–water partition coefficient (Wildman–Crippen LogP) is 2.78. The van der Waals surface area contributed by atoms with Crippen LogP contribution in [0.2, 0.25) is 0 Å². The maximum absolute atomic E-state index is 14.4. The zero-order valence-electron chi connectivity index (χ0n) is 23.3. The van der Waals surface area contributed by atoms with Crippen LogP contribution in [0, 0.1) is 13.8 Å². The predicted molar refractivity (Wildman–Crippen MR) is 141 cm³/mol. The molecule has 0 saturated heterocycles. The number of carbonyl (C=O) groups excluding carboxylic acids is 1. The molecule has 2 aliphatic heterocycles. The molecule has 2 aliphatic rings. The molecule has 38 heavy (non-hydrogen) atoms. The summed E-state index contributed by atoms with van der Waals surface area (Å²) in [7, 11) is 9.73. The fourth-order valence-electron chi connectivity index (χ4n) is 6.34. The highest BCUT2D eigenvalue weighted by Crippen LogP contribution is 2.57. The molecule has 10 heteroatoms. The Balaban J connectivity index is 2.14. The first kappa shape index (κ1) is 27.7. The van der Waals surface area contributed by atoms with Gasteiger partial charge < -0.3 is 39.2 Å². The van der Waals surface area contributed by atoms with E-state index in [0.717, 1.165) is 0 Å². The number of amides is 1. The van der Waals surface area contributed by atoms with Gasteiger partial charge in [0.2, 0.25) is 5.91 Å². The van der Waals surface area contributed by atoms with Gasteiger partial charge in [0.25, 0.3) is 0 Å². The number of aromatic hydroxyl groups is 2. The number of phenolic OH excluding ortho intramolecular Hbond substituents is 2. The molecule has 3 atom stereocenters. The smallest absolute Gasteiger partial charge is 0.241 e. The minimum absolute atomic E-state index is 0.0353. The number of likely N-dealkylation sites (N-methyl/N-ethyl adjacent to an activating group) is 1. The van der Waals surface area contributed by atoms with Crippen molar-refractivity contribution in [2.75, 3.05) is 49.1 Å². The van der Waals surface area contributed by atoms with Crippen molar-refractivity contribution in [1.29, 1.82) is 0 Å².